The lowest BCUT2D eigenvalue weighted by molar-refractivity contribution is -0.116. The lowest BCUT2D eigenvalue weighted by Gasteiger charge is -2.10. The SMILES string of the molecule is CCn1nccc1C(=O)Nc1cccc(NC(=O)CCn2cc(C(=O)O)cn2)c1. The van der Waals surface area contributed by atoms with Gasteiger partial charge in [0.25, 0.3) is 5.91 Å². The number of aromatic carboxylic acids is 1. The van der Waals surface area contributed by atoms with E-state index in [-0.39, 0.29) is 30.3 Å². The van der Waals surface area contributed by atoms with Gasteiger partial charge in [-0.25, -0.2) is 4.79 Å². The predicted octanol–water partition coefficient (Wildman–Crippen LogP) is 2.08. The molecule has 2 amide bonds. The Labute approximate surface area is 166 Å². The molecule has 0 radical (unpaired) electrons. The van der Waals surface area contributed by atoms with E-state index in [9.17, 15) is 14.4 Å². The van der Waals surface area contributed by atoms with Crippen molar-refractivity contribution < 1.29 is 19.5 Å². The van der Waals surface area contributed by atoms with E-state index in [0.29, 0.717) is 23.6 Å². The third-order valence-electron chi connectivity index (χ3n) is 4.10. The van der Waals surface area contributed by atoms with E-state index >= 15 is 0 Å². The normalized spacial score (nSPS) is 10.5. The highest BCUT2D eigenvalue weighted by Gasteiger charge is 2.12. The van der Waals surface area contributed by atoms with Crippen LogP contribution < -0.4 is 10.6 Å². The maximum Gasteiger partial charge on any atom is 0.338 e. The molecular weight excluding hydrogens is 376 g/mol. The Morgan fingerprint density at radius 2 is 1.86 bits per heavy atom. The molecule has 0 unspecified atom stereocenters. The van der Waals surface area contributed by atoms with Gasteiger partial charge in [0.05, 0.1) is 11.8 Å². The Hall–Kier alpha value is -3.95. The van der Waals surface area contributed by atoms with E-state index < -0.39 is 5.97 Å². The molecule has 10 nitrogen and oxygen atoms in total. The minimum Gasteiger partial charge on any atom is -0.478 e. The summed E-state index contributed by atoms with van der Waals surface area (Å²) in [5.41, 5.74) is 1.58. The second kappa shape index (κ2) is 8.83. The number of nitrogens with one attached hydrogen (secondary N) is 2. The van der Waals surface area contributed by atoms with Crippen molar-refractivity contribution in [2.75, 3.05) is 10.6 Å². The summed E-state index contributed by atoms with van der Waals surface area (Å²) in [6, 6.07) is 8.43. The number of aryl methyl sites for hydroxylation is 2. The number of aromatic nitrogens is 4. The molecule has 3 aromatic rings. The average Bonchev–Trinajstić information content (AvgIpc) is 3.36. The monoisotopic (exact) mass is 396 g/mol. The van der Waals surface area contributed by atoms with Gasteiger partial charge in [-0.15, -0.1) is 0 Å². The average molecular weight is 396 g/mol. The molecule has 0 fully saturated rings. The van der Waals surface area contributed by atoms with Crippen molar-refractivity contribution in [3.63, 3.8) is 0 Å². The van der Waals surface area contributed by atoms with Gasteiger partial charge in [-0.05, 0) is 31.2 Å². The van der Waals surface area contributed by atoms with Crippen LogP contribution in [0.15, 0.2) is 48.9 Å². The summed E-state index contributed by atoms with van der Waals surface area (Å²) in [5.74, 6) is -1.62. The number of carboxylic acids is 1. The summed E-state index contributed by atoms with van der Waals surface area (Å²) in [7, 11) is 0. The number of benzene rings is 1. The molecule has 0 spiro atoms. The standard InChI is InChI=1S/C19H20N6O4/c1-2-25-16(6-8-20-25)18(27)23-15-5-3-4-14(10-15)22-17(26)7-9-24-12-13(11-21-24)19(28)29/h3-6,8,10-12H,2,7,9H2,1H3,(H,22,26)(H,23,27)(H,28,29). The summed E-state index contributed by atoms with van der Waals surface area (Å²) in [5, 5.41) is 22.4. The molecule has 0 aliphatic heterocycles. The molecule has 2 heterocycles. The molecule has 150 valence electrons. The smallest absolute Gasteiger partial charge is 0.338 e. The maximum atomic E-state index is 12.4. The van der Waals surface area contributed by atoms with Gasteiger partial charge >= 0.3 is 5.97 Å². The van der Waals surface area contributed by atoms with Crippen LogP contribution in [0, 0.1) is 0 Å². The number of hydrogen-bond acceptors (Lipinski definition) is 5. The molecule has 0 saturated carbocycles. The molecule has 0 bridgehead atoms. The molecule has 3 N–H and O–H groups in total. The van der Waals surface area contributed by atoms with Crippen LogP contribution >= 0.6 is 0 Å². The zero-order valence-electron chi connectivity index (χ0n) is 15.7. The molecule has 0 aliphatic rings. The van der Waals surface area contributed by atoms with Crippen LogP contribution in [-0.2, 0) is 17.9 Å². The maximum absolute atomic E-state index is 12.4. The van der Waals surface area contributed by atoms with Crippen LogP contribution in [0.1, 0.15) is 34.2 Å². The first-order chi connectivity index (χ1) is 14.0. The number of anilines is 2. The summed E-state index contributed by atoms with van der Waals surface area (Å²) in [4.78, 5) is 35.4. The fraction of sp³-hybridized carbons (Fsp3) is 0.211. The first-order valence-electron chi connectivity index (χ1n) is 8.95. The number of carboxylic acid groups (broad SMARTS) is 1. The van der Waals surface area contributed by atoms with Gasteiger partial charge < -0.3 is 15.7 Å². The molecule has 0 atom stereocenters. The third-order valence-corrected chi connectivity index (χ3v) is 4.10. The van der Waals surface area contributed by atoms with E-state index in [1.165, 1.54) is 17.1 Å². The molecule has 3 rings (SSSR count). The van der Waals surface area contributed by atoms with Gasteiger partial charge in [0.2, 0.25) is 5.91 Å². The fourth-order valence-electron chi connectivity index (χ4n) is 2.68. The Bertz CT molecular complexity index is 1040. The number of amides is 2. The zero-order chi connectivity index (χ0) is 20.8. The Morgan fingerprint density at radius 1 is 1.10 bits per heavy atom. The quantitative estimate of drug-likeness (QED) is 0.534. The highest BCUT2D eigenvalue weighted by molar-refractivity contribution is 6.03. The number of nitrogens with zero attached hydrogens (tertiary/aromatic N) is 4. The molecule has 0 aliphatic carbocycles. The third kappa shape index (κ3) is 5.06. The summed E-state index contributed by atoms with van der Waals surface area (Å²) in [6.07, 6.45) is 4.28. The Kier molecular flexibility index (Phi) is 6.03. The second-order valence-electron chi connectivity index (χ2n) is 6.16. The first-order valence-corrected chi connectivity index (χ1v) is 8.95. The number of carbonyl (C=O) groups excluding carboxylic acids is 2. The fourth-order valence-corrected chi connectivity index (χ4v) is 2.68. The van der Waals surface area contributed by atoms with Crippen LogP contribution in [-0.4, -0.2) is 42.5 Å². The van der Waals surface area contributed by atoms with Gasteiger partial charge in [-0.2, -0.15) is 10.2 Å². The van der Waals surface area contributed by atoms with Crippen LogP contribution in [0.4, 0.5) is 11.4 Å². The molecule has 1 aromatic carbocycles. The molecule has 10 heteroatoms. The second-order valence-corrected chi connectivity index (χ2v) is 6.16. The van der Waals surface area contributed by atoms with Crippen LogP contribution in [0.3, 0.4) is 0 Å². The van der Waals surface area contributed by atoms with E-state index in [4.69, 9.17) is 5.11 Å². The van der Waals surface area contributed by atoms with Gasteiger partial charge in [0, 0.05) is 43.3 Å². The van der Waals surface area contributed by atoms with E-state index in [1.807, 2.05) is 6.92 Å². The highest BCUT2D eigenvalue weighted by atomic mass is 16.4. The van der Waals surface area contributed by atoms with Gasteiger partial charge in [0.1, 0.15) is 5.69 Å². The van der Waals surface area contributed by atoms with Gasteiger partial charge in [-0.1, -0.05) is 6.07 Å². The van der Waals surface area contributed by atoms with E-state index in [0.717, 1.165) is 0 Å². The molecular formula is C19H20N6O4. The molecule has 0 saturated heterocycles. The van der Waals surface area contributed by atoms with Crippen LogP contribution in [0.25, 0.3) is 0 Å². The minimum absolute atomic E-state index is 0.0678. The van der Waals surface area contributed by atoms with Crippen molar-refractivity contribution in [2.24, 2.45) is 0 Å². The number of hydrogen-bond donors (Lipinski definition) is 3. The lowest BCUT2D eigenvalue weighted by atomic mass is 10.2. The molecule has 2 aromatic heterocycles. The highest BCUT2D eigenvalue weighted by Crippen LogP contribution is 2.16. The summed E-state index contributed by atoms with van der Waals surface area (Å²) < 4.78 is 2.99. The van der Waals surface area contributed by atoms with Crippen molar-refractivity contribution >= 4 is 29.2 Å². The van der Waals surface area contributed by atoms with Crippen LogP contribution in [0.2, 0.25) is 0 Å². The van der Waals surface area contributed by atoms with E-state index in [1.54, 1.807) is 41.2 Å². The number of rotatable bonds is 8. The number of carbonyl (C=O) groups is 3. The van der Waals surface area contributed by atoms with Crippen molar-refractivity contribution in [3.8, 4) is 0 Å². The minimum atomic E-state index is -1.07. The van der Waals surface area contributed by atoms with Crippen molar-refractivity contribution in [3.05, 3.63) is 60.2 Å². The first kappa shape index (κ1) is 19.8. The topological polar surface area (TPSA) is 131 Å². The summed E-state index contributed by atoms with van der Waals surface area (Å²) in [6.45, 7) is 2.72. The van der Waals surface area contributed by atoms with E-state index in [2.05, 4.69) is 20.8 Å². The Balaban J connectivity index is 1.56. The zero-order valence-corrected chi connectivity index (χ0v) is 15.7. The van der Waals surface area contributed by atoms with Gasteiger partial charge in [0.15, 0.2) is 0 Å². The van der Waals surface area contributed by atoms with Crippen molar-refractivity contribution in [2.45, 2.75) is 26.4 Å². The predicted molar refractivity (Wildman–Crippen MR) is 105 cm³/mol. The molecule has 29 heavy (non-hydrogen) atoms. The Morgan fingerprint density at radius 3 is 2.55 bits per heavy atom. The van der Waals surface area contributed by atoms with Crippen molar-refractivity contribution in [1.29, 1.82) is 0 Å². The van der Waals surface area contributed by atoms with Gasteiger partial charge in [-0.3, -0.25) is 19.0 Å². The lowest BCUT2D eigenvalue weighted by Crippen LogP contribution is -2.18. The van der Waals surface area contributed by atoms with Crippen LogP contribution in [0.5, 0.6) is 0 Å². The van der Waals surface area contributed by atoms with Crippen molar-refractivity contribution in [1.82, 2.24) is 19.6 Å². The largest absolute Gasteiger partial charge is 0.478 e. The summed E-state index contributed by atoms with van der Waals surface area (Å²) >= 11 is 0.